The summed E-state index contributed by atoms with van der Waals surface area (Å²) in [7, 11) is 1.63. The van der Waals surface area contributed by atoms with Crippen molar-refractivity contribution in [3.8, 4) is 11.5 Å². The highest BCUT2D eigenvalue weighted by Gasteiger charge is 2.39. The predicted molar refractivity (Wildman–Crippen MR) is 151 cm³/mol. The van der Waals surface area contributed by atoms with Crippen LogP contribution in [-0.2, 0) is 16.1 Å². The SMILES string of the molecule is COc1ccccc1CN1C[C@@H]2C[C@H]1C(=O)NC[C@H]1O[C@H](CCOc3cc(C(C)C)ccc3C(=O)N2)CC[C@@H]1O. The molecule has 3 N–H and O–H groups in total. The second-order valence-electron chi connectivity index (χ2n) is 11.4. The van der Waals surface area contributed by atoms with E-state index in [0.29, 0.717) is 62.6 Å². The molecule has 3 aliphatic heterocycles. The van der Waals surface area contributed by atoms with Gasteiger partial charge < -0.3 is 30.0 Å². The summed E-state index contributed by atoms with van der Waals surface area (Å²) in [6.07, 6.45) is 1.20. The third kappa shape index (κ3) is 6.43. The normalized spacial score (nSPS) is 27.9. The summed E-state index contributed by atoms with van der Waals surface area (Å²) in [4.78, 5) is 29.1. The smallest absolute Gasteiger partial charge is 0.255 e. The number of rotatable bonds is 4. The number of aliphatic hydroxyl groups is 1. The Balaban J connectivity index is 1.43. The molecule has 0 aliphatic carbocycles. The van der Waals surface area contributed by atoms with Crippen LogP contribution in [0.2, 0.25) is 0 Å². The van der Waals surface area contributed by atoms with Gasteiger partial charge in [0.25, 0.3) is 5.91 Å². The molecule has 0 spiro atoms. The number of nitrogens with zero attached hydrogens (tertiary/aromatic N) is 1. The Morgan fingerprint density at radius 1 is 1.12 bits per heavy atom. The predicted octanol–water partition coefficient (Wildman–Crippen LogP) is 3.00. The number of ether oxygens (including phenoxy) is 3. The highest BCUT2D eigenvalue weighted by molar-refractivity contribution is 5.97. The van der Waals surface area contributed by atoms with Crippen LogP contribution in [0.25, 0.3) is 0 Å². The lowest BCUT2D eigenvalue weighted by Crippen LogP contribution is -2.50. The van der Waals surface area contributed by atoms with Crippen molar-refractivity contribution in [3.63, 3.8) is 0 Å². The lowest BCUT2D eigenvalue weighted by Gasteiger charge is -2.34. The van der Waals surface area contributed by atoms with E-state index in [0.717, 1.165) is 16.9 Å². The van der Waals surface area contributed by atoms with Gasteiger partial charge in [0.2, 0.25) is 5.91 Å². The van der Waals surface area contributed by atoms with Gasteiger partial charge in [-0.05, 0) is 48.9 Å². The van der Waals surface area contributed by atoms with Crippen molar-refractivity contribution in [1.82, 2.24) is 15.5 Å². The minimum Gasteiger partial charge on any atom is -0.496 e. The molecule has 0 saturated carbocycles. The Labute approximate surface area is 236 Å². The van der Waals surface area contributed by atoms with E-state index in [1.54, 1.807) is 7.11 Å². The molecule has 2 fully saturated rings. The lowest BCUT2D eigenvalue weighted by molar-refractivity contribution is -0.133. The molecular weight excluding hydrogens is 510 g/mol. The third-order valence-electron chi connectivity index (χ3n) is 8.28. The van der Waals surface area contributed by atoms with E-state index < -0.39 is 18.2 Å². The Kier molecular flexibility index (Phi) is 8.93. The summed E-state index contributed by atoms with van der Waals surface area (Å²) >= 11 is 0. The summed E-state index contributed by atoms with van der Waals surface area (Å²) in [5, 5.41) is 16.8. The zero-order valence-electron chi connectivity index (χ0n) is 23.6. The number of benzene rings is 2. The summed E-state index contributed by atoms with van der Waals surface area (Å²) < 4.78 is 17.9. The van der Waals surface area contributed by atoms with Crippen LogP contribution in [0.3, 0.4) is 0 Å². The molecule has 2 aromatic carbocycles. The van der Waals surface area contributed by atoms with Crippen LogP contribution in [0.4, 0.5) is 0 Å². The Morgan fingerprint density at radius 2 is 1.95 bits per heavy atom. The molecule has 2 aromatic rings. The molecule has 40 heavy (non-hydrogen) atoms. The number of aliphatic hydroxyl groups excluding tert-OH is 1. The van der Waals surface area contributed by atoms with Crippen molar-refractivity contribution >= 4 is 11.8 Å². The molecule has 5 rings (SSSR count). The number of para-hydroxylation sites is 1. The standard InChI is InChI=1S/C31H41N3O6/c1-19(2)20-8-10-24-28(14-20)39-13-12-23-9-11-26(35)29(40-23)16-32-31(37)25-15-22(33-30(24)36)18-34(25)17-21-6-4-5-7-27(21)38-3/h4-8,10,14,19,22-23,25-26,29,35H,9,11-13,15-18H2,1-3H3,(H,32,37)(H,33,36)/t22-,23-,25-,26-,29+/m0/s1. The quantitative estimate of drug-likeness (QED) is 0.536. The van der Waals surface area contributed by atoms with E-state index in [1.807, 2.05) is 42.5 Å². The fourth-order valence-corrected chi connectivity index (χ4v) is 5.94. The van der Waals surface area contributed by atoms with Gasteiger partial charge in [-0.25, -0.2) is 0 Å². The van der Waals surface area contributed by atoms with Gasteiger partial charge in [-0.2, -0.15) is 0 Å². The first-order chi connectivity index (χ1) is 19.3. The van der Waals surface area contributed by atoms with Crippen LogP contribution >= 0.6 is 0 Å². The summed E-state index contributed by atoms with van der Waals surface area (Å²) in [5.41, 5.74) is 2.55. The monoisotopic (exact) mass is 551 g/mol. The highest BCUT2D eigenvalue weighted by atomic mass is 16.5. The van der Waals surface area contributed by atoms with Crippen molar-refractivity contribution in [2.45, 2.75) is 82.4 Å². The van der Waals surface area contributed by atoms with Crippen molar-refractivity contribution in [1.29, 1.82) is 0 Å². The van der Waals surface area contributed by atoms with E-state index >= 15 is 0 Å². The maximum absolute atomic E-state index is 13.5. The summed E-state index contributed by atoms with van der Waals surface area (Å²) in [6, 6.07) is 12.8. The fourth-order valence-electron chi connectivity index (χ4n) is 5.94. The number of carbonyl (C=O) groups excluding carboxylic acids is 2. The molecule has 0 aromatic heterocycles. The third-order valence-corrected chi connectivity index (χ3v) is 8.28. The molecule has 9 nitrogen and oxygen atoms in total. The Morgan fingerprint density at radius 3 is 2.75 bits per heavy atom. The average Bonchev–Trinajstić information content (AvgIpc) is 3.34. The molecule has 2 amide bonds. The second kappa shape index (κ2) is 12.6. The Hall–Kier alpha value is -3.14. The molecule has 3 aliphatic rings. The van der Waals surface area contributed by atoms with E-state index in [1.165, 1.54) is 0 Å². The van der Waals surface area contributed by atoms with Gasteiger partial charge in [0.1, 0.15) is 17.6 Å². The molecule has 0 radical (unpaired) electrons. The van der Waals surface area contributed by atoms with Crippen LogP contribution in [0.1, 0.15) is 66.9 Å². The first-order valence-electron chi connectivity index (χ1n) is 14.4. The number of hydrogen-bond acceptors (Lipinski definition) is 7. The number of likely N-dealkylation sites (tertiary alicyclic amines) is 1. The summed E-state index contributed by atoms with van der Waals surface area (Å²) in [5.74, 6) is 1.25. The molecular formula is C31H41N3O6. The highest BCUT2D eigenvalue weighted by Crippen LogP contribution is 2.29. The maximum atomic E-state index is 13.5. The molecule has 5 atom stereocenters. The largest absolute Gasteiger partial charge is 0.496 e. The topological polar surface area (TPSA) is 109 Å². The number of carbonyl (C=O) groups is 2. The van der Waals surface area contributed by atoms with Gasteiger partial charge in [-0.15, -0.1) is 0 Å². The minimum atomic E-state index is -0.633. The fraction of sp³-hybridized carbons (Fsp3) is 0.548. The van der Waals surface area contributed by atoms with E-state index in [-0.39, 0.29) is 30.5 Å². The van der Waals surface area contributed by atoms with Crippen molar-refractivity contribution < 1.29 is 28.9 Å². The van der Waals surface area contributed by atoms with Crippen LogP contribution in [-0.4, -0.2) is 79.0 Å². The zero-order valence-corrected chi connectivity index (χ0v) is 23.6. The van der Waals surface area contributed by atoms with E-state index in [4.69, 9.17) is 14.2 Å². The zero-order chi connectivity index (χ0) is 28.2. The number of amides is 2. The number of methoxy groups -OCH3 is 1. The number of nitrogens with one attached hydrogen (secondary N) is 2. The maximum Gasteiger partial charge on any atom is 0.255 e. The average molecular weight is 552 g/mol. The first-order valence-corrected chi connectivity index (χ1v) is 14.4. The van der Waals surface area contributed by atoms with Crippen LogP contribution in [0.5, 0.6) is 11.5 Å². The van der Waals surface area contributed by atoms with Gasteiger partial charge in [-0.3, -0.25) is 14.5 Å². The van der Waals surface area contributed by atoms with Crippen LogP contribution < -0.4 is 20.1 Å². The van der Waals surface area contributed by atoms with Crippen LogP contribution in [0, 0.1) is 0 Å². The molecule has 216 valence electrons. The van der Waals surface area contributed by atoms with Crippen LogP contribution in [0.15, 0.2) is 42.5 Å². The first kappa shape index (κ1) is 28.4. The van der Waals surface area contributed by atoms with Gasteiger partial charge in [0.05, 0.1) is 37.5 Å². The van der Waals surface area contributed by atoms with Crippen molar-refractivity contribution in [3.05, 3.63) is 59.2 Å². The molecule has 4 bridgehead atoms. The van der Waals surface area contributed by atoms with Crippen molar-refractivity contribution in [2.24, 2.45) is 0 Å². The Bertz CT molecular complexity index is 1200. The molecule has 0 unspecified atom stereocenters. The molecule has 2 saturated heterocycles. The molecule has 3 heterocycles. The van der Waals surface area contributed by atoms with E-state index in [2.05, 4.69) is 29.4 Å². The summed E-state index contributed by atoms with van der Waals surface area (Å²) in [6.45, 7) is 5.84. The number of hydrogen-bond donors (Lipinski definition) is 3. The minimum absolute atomic E-state index is 0.0957. The number of fused-ring (bicyclic) bond motifs is 5. The van der Waals surface area contributed by atoms with Gasteiger partial charge in [0.15, 0.2) is 0 Å². The lowest BCUT2D eigenvalue weighted by atomic mass is 9.99. The molecule has 9 heteroatoms. The van der Waals surface area contributed by atoms with Gasteiger partial charge in [-0.1, -0.05) is 38.1 Å². The van der Waals surface area contributed by atoms with E-state index in [9.17, 15) is 14.7 Å². The van der Waals surface area contributed by atoms with Crippen molar-refractivity contribution in [2.75, 3.05) is 26.8 Å². The van der Waals surface area contributed by atoms with Gasteiger partial charge >= 0.3 is 0 Å². The van der Waals surface area contributed by atoms with Gasteiger partial charge in [0, 0.05) is 37.7 Å². The second-order valence-corrected chi connectivity index (χ2v) is 11.4.